The van der Waals surface area contributed by atoms with Crippen molar-refractivity contribution >= 4 is 5.91 Å². The van der Waals surface area contributed by atoms with Gasteiger partial charge in [0, 0.05) is 5.92 Å². The Morgan fingerprint density at radius 1 is 1.28 bits per heavy atom. The summed E-state index contributed by atoms with van der Waals surface area (Å²) in [5, 5.41) is 3.19. The van der Waals surface area contributed by atoms with Crippen molar-refractivity contribution in [1.29, 1.82) is 0 Å². The molecule has 1 amide bonds. The van der Waals surface area contributed by atoms with Crippen LogP contribution in [0, 0.1) is 11.8 Å². The van der Waals surface area contributed by atoms with Crippen LogP contribution in [0.1, 0.15) is 50.8 Å². The van der Waals surface area contributed by atoms with E-state index in [-0.39, 0.29) is 17.9 Å². The van der Waals surface area contributed by atoms with Gasteiger partial charge in [-0.2, -0.15) is 0 Å². The topological polar surface area (TPSA) is 29.1 Å². The van der Waals surface area contributed by atoms with E-state index in [1.165, 1.54) is 11.1 Å². The van der Waals surface area contributed by atoms with Crippen molar-refractivity contribution in [3.63, 3.8) is 0 Å². The fourth-order valence-corrected chi connectivity index (χ4v) is 2.21. The third kappa shape index (κ3) is 3.12. The minimum Gasteiger partial charge on any atom is -0.349 e. The largest absolute Gasteiger partial charge is 0.349 e. The third-order valence-electron chi connectivity index (χ3n) is 3.66. The van der Waals surface area contributed by atoms with Crippen molar-refractivity contribution in [2.75, 3.05) is 0 Å². The Balaban J connectivity index is 2.09. The quantitative estimate of drug-likeness (QED) is 0.845. The Morgan fingerprint density at radius 3 is 2.33 bits per heavy atom. The first-order valence-electron chi connectivity index (χ1n) is 7.01. The molecule has 0 spiro atoms. The van der Waals surface area contributed by atoms with E-state index in [0.29, 0.717) is 5.92 Å². The lowest BCUT2D eigenvalue weighted by atomic mass is 9.94. The van der Waals surface area contributed by atoms with Crippen LogP contribution in [0.4, 0.5) is 0 Å². The Hall–Kier alpha value is -1.31. The molecule has 1 atom stereocenters. The zero-order chi connectivity index (χ0) is 13.1. The van der Waals surface area contributed by atoms with Gasteiger partial charge in [0.05, 0.1) is 6.04 Å². The van der Waals surface area contributed by atoms with Crippen LogP contribution in [0.2, 0.25) is 0 Å². The van der Waals surface area contributed by atoms with Crippen LogP contribution < -0.4 is 5.32 Å². The first-order valence-corrected chi connectivity index (χ1v) is 7.01. The molecule has 1 aromatic carbocycles. The standard InChI is InChI=1S/C16H23NO/c1-4-12-5-7-13(8-6-12)15(11(2)3)17-16(18)14-9-10-14/h5-8,11,14-15H,4,9-10H2,1-3H3,(H,17,18). The monoisotopic (exact) mass is 245 g/mol. The summed E-state index contributed by atoms with van der Waals surface area (Å²) < 4.78 is 0. The number of rotatable bonds is 5. The molecule has 2 heteroatoms. The third-order valence-corrected chi connectivity index (χ3v) is 3.66. The molecule has 0 aromatic heterocycles. The van der Waals surface area contributed by atoms with Gasteiger partial charge in [-0.25, -0.2) is 0 Å². The molecular formula is C16H23NO. The van der Waals surface area contributed by atoms with E-state index in [4.69, 9.17) is 0 Å². The molecule has 1 N–H and O–H groups in total. The molecule has 0 radical (unpaired) electrons. The number of carbonyl (C=O) groups is 1. The second-order valence-corrected chi connectivity index (χ2v) is 5.60. The number of aryl methyl sites for hydroxylation is 1. The molecule has 2 nitrogen and oxygen atoms in total. The van der Waals surface area contributed by atoms with Crippen LogP contribution in [-0.4, -0.2) is 5.91 Å². The van der Waals surface area contributed by atoms with E-state index >= 15 is 0 Å². The number of carbonyl (C=O) groups excluding carboxylic acids is 1. The Bertz CT molecular complexity index is 404. The average molecular weight is 245 g/mol. The summed E-state index contributed by atoms with van der Waals surface area (Å²) in [4.78, 5) is 11.9. The second-order valence-electron chi connectivity index (χ2n) is 5.60. The van der Waals surface area contributed by atoms with Gasteiger partial charge < -0.3 is 5.32 Å². The van der Waals surface area contributed by atoms with Crippen molar-refractivity contribution in [2.24, 2.45) is 11.8 Å². The van der Waals surface area contributed by atoms with Gasteiger partial charge in [0.15, 0.2) is 0 Å². The molecule has 1 aliphatic carbocycles. The molecule has 1 unspecified atom stereocenters. The van der Waals surface area contributed by atoms with Crippen LogP contribution in [0.5, 0.6) is 0 Å². The lowest BCUT2D eigenvalue weighted by Gasteiger charge is -2.23. The Morgan fingerprint density at radius 2 is 1.89 bits per heavy atom. The Kier molecular flexibility index (Phi) is 4.05. The molecule has 0 bridgehead atoms. The van der Waals surface area contributed by atoms with Gasteiger partial charge in [0.1, 0.15) is 0 Å². The zero-order valence-corrected chi connectivity index (χ0v) is 11.6. The predicted octanol–water partition coefficient (Wildman–Crippen LogP) is 3.47. The maximum absolute atomic E-state index is 11.9. The van der Waals surface area contributed by atoms with E-state index in [0.717, 1.165) is 19.3 Å². The van der Waals surface area contributed by atoms with Crippen LogP contribution >= 0.6 is 0 Å². The van der Waals surface area contributed by atoms with Crippen LogP contribution in [0.15, 0.2) is 24.3 Å². The van der Waals surface area contributed by atoms with Gasteiger partial charge in [-0.15, -0.1) is 0 Å². The molecule has 1 fully saturated rings. The molecule has 18 heavy (non-hydrogen) atoms. The number of hydrogen-bond donors (Lipinski definition) is 1. The van der Waals surface area contributed by atoms with Crippen LogP contribution in [-0.2, 0) is 11.2 Å². The van der Waals surface area contributed by atoms with E-state index in [1.807, 2.05) is 0 Å². The van der Waals surface area contributed by atoms with Gasteiger partial charge >= 0.3 is 0 Å². The number of benzene rings is 1. The van der Waals surface area contributed by atoms with Gasteiger partial charge in [-0.05, 0) is 36.3 Å². The SMILES string of the molecule is CCc1ccc(C(NC(=O)C2CC2)C(C)C)cc1. The molecular weight excluding hydrogens is 222 g/mol. The molecule has 0 saturated heterocycles. The lowest BCUT2D eigenvalue weighted by Crippen LogP contribution is -2.32. The zero-order valence-electron chi connectivity index (χ0n) is 11.6. The van der Waals surface area contributed by atoms with Crippen LogP contribution in [0.25, 0.3) is 0 Å². The van der Waals surface area contributed by atoms with Crippen molar-refractivity contribution in [3.05, 3.63) is 35.4 Å². The maximum atomic E-state index is 11.9. The highest BCUT2D eigenvalue weighted by Gasteiger charge is 2.31. The summed E-state index contributed by atoms with van der Waals surface area (Å²) in [6.07, 6.45) is 3.18. The highest BCUT2D eigenvalue weighted by Crippen LogP contribution is 2.31. The fourth-order valence-electron chi connectivity index (χ4n) is 2.21. The van der Waals surface area contributed by atoms with E-state index in [9.17, 15) is 4.79 Å². The summed E-state index contributed by atoms with van der Waals surface area (Å²) in [5.74, 6) is 0.926. The summed E-state index contributed by atoms with van der Waals surface area (Å²) in [7, 11) is 0. The molecule has 0 heterocycles. The summed E-state index contributed by atoms with van der Waals surface area (Å²) >= 11 is 0. The minimum atomic E-state index is 0.143. The highest BCUT2D eigenvalue weighted by molar-refractivity contribution is 5.81. The van der Waals surface area contributed by atoms with E-state index in [1.54, 1.807) is 0 Å². The van der Waals surface area contributed by atoms with Crippen molar-refractivity contribution in [1.82, 2.24) is 5.32 Å². The van der Waals surface area contributed by atoms with E-state index < -0.39 is 0 Å². The van der Waals surface area contributed by atoms with Crippen molar-refractivity contribution in [2.45, 2.75) is 46.1 Å². The van der Waals surface area contributed by atoms with Crippen molar-refractivity contribution in [3.8, 4) is 0 Å². The Labute approximate surface area is 110 Å². The van der Waals surface area contributed by atoms with Gasteiger partial charge in [0.25, 0.3) is 0 Å². The van der Waals surface area contributed by atoms with Gasteiger partial charge in [-0.1, -0.05) is 45.0 Å². The first kappa shape index (κ1) is 13.1. The smallest absolute Gasteiger partial charge is 0.223 e. The number of amides is 1. The molecule has 0 aliphatic heterocycles. The fraction of sp³-hybridized carbons (Fsp3) is 0.562. The number of hydrogen-bond acceptors (Lipinski definition) is 1. The van der Waals surface area contributed by atoms with Crippen molar-refractivity contribution < 1.29 is 4.79 Å². The van der Waals surface area contributed by atoms with E-state index in [2.05, 4.69) is 50.4 Å². The first-order chi connectivity index (χ1) is 8.61. The average Bonchev–Trinajstić information content (AvgIpc) is 3.20. The molecule has 1 saturated carbocycles. The molecule has 1 aromatic rings. The normalized spacial score (nSPS) is 16.7. The summed E-state index contributed by atoms with van der Waals surface area (Å²) in [5.41, 5.74) is 2.56. The molecule has 2 rings (SSSR count). The van der Waals surface area contributed by atoms with Crippen LogP contribution in [0.3, 0.4) is 0 Å². The summed E-state index contributed by atoms with van der Waals surface area (Å²) in [6.45, 7) is 6.47. The minimum absolute atomic E-state index is 0.143. The maximum Gasteiger partial charge on any atom is 0.223 e. The molecule has 98 valence electrons. The number of nitrogens with one attached hydrogen (secondary N) is 1. The second kappa shape index (κ2) is 5.55. The van der Waals surface area contributed by atoms with Gasteiger partial charge in [0.2, 0.25) is 5.91 Å². The highest BCUT2D eigenvalue weighted by atomic mass is 16.2. The predicted molar refractivity (Wildman–Crippen MR) is 74.3 cm³/mol. The molecule has 1 aliphatic rings. The lowest BCUT2D eigenvalue weighted by molar-refractivity contribution is -0.123. The summed E-state index contributed by atoms with van der Waals surface area (Å²) in [6, 6.07) is 8.76. The van der Waals surface area contributed by atoms with Gasteiger partial charge in [-0.3, -0.25) is 4.79 Å².